The SMILES string of the molecule is O=C1SC(=Cc2c(-c3ccc(Cl)cc3)[nH]c3ccccc23)C(=O)N1c1ccc(Cl)c(Cl)c1. The van der Waals surface area contributed by atoms with Gasteiger partial charge in [0.2, 0.25) is 0 Å². The van der Waals surface area contributed by atoms with E-state index >= 15 is 0 Å². The molecule has 1 aliphatic heterocycles. The zero-order valence-electron chi connectivity index (χ0n) is 16.2. The predicted octanol–water partition coefficient (Wildman–Crippen LogP) is 8.04. The van der Waals surface area contributed by atoms with Crippen LogP contribution in [0.5, 0.6) is 0 Å². The fraction of sp³-hybridized carbons (Fsp3) is 0. The largest absolute Gasteiger partial charge is 0.354 e. The molecule has 0 unspecified atom stereocenters. The number of carbonyl (C=O) groups excluding carboxylic acids is 2. The van der Waals surface area contributed by atoms with Crippen molar-refractivity contribution in [1.82, 2.24) is 4.98 Å². The van der Waals surface area contributed by atoms with Crippen LogP contribution in [0.1, 0.15) is 5.56 Å². The lowest BCUT2D eigenvalue weighted by molar-refractivity contribution is -0.113. The minimum absolute atomic E-state index is 0.272. The number of H-pyrrole nitrogens is 1. The lowest BCUT2D eigenvalue weighted by Crippen LogP contribution is -2.27. The number of hydrogen-bond donors (Lipinski definition) is 1. The van der Waals surface area contributed by atoms with E-state index in [1.807, 2.05) is 48.5 Å². The Morgan fingerprint density at radius 1 is 0.875 bits per heavy atom. The summed E-state index contributed by atoms with van der Waals surface area (Å²) in [5.74, 6) is -0.411. The van der Waals surface area contributed by atoms with Crippen molar-refractivity contribution in [2.45, 2.75) is 0 Å². The molecule has 8 heteroatoms. The lowest BCUT2D eigenvalue weighted by atomic mass is 10.0. The fourth-order valence-corrected chi connectivity index (χ4v) is 4.84. The Balaban J connectivity index is 1.62. The molecule has 0 radical (unpaired) electrons. The second-order valence-corrected chi connectivity index (χ2v) is 9.33. The summed E-state index contributed by atoms with van der Waals surface area (Å²) in [7, 11) is 0. The van der Waals surface area contributed by atoms with E-state index in [0.29, 0.717) is 20.6 Å². The van der Waals surface area contributed by atoms with Crippen LogP contribution >= 0.6 is 46.6 Å². The summed E-state index contributed by atoms with van der Waals surface area (Å²) < 4.78 is 0. The summed E-state index contributed by atoms with van der Waals surface area (Å²) in [5.41, 5.74) is 3.88. The second-order valence-electron chi connectivity index (χ2n) is 7.08. The number of thioether (sulfide) groups is 1. The van der Waals surface area contributed by atoms with Gasteiger partial charge in [0, 0.05) is 21.5 Å². The van der Waals surface area contributed by atoms with Gasteiger partial charge in [-0.3, -0.25) is 9.59 Å². The minimum atomic E-state index is -0.411. The molecule has 1 fully saturated rings. The zero-order chi connectivity index (χ0) is 22.4. The Labute approximate surface area is 202 Å². The Morgan fingerprint density at radius 2 is 1.62 bits per heavy atom. The van der Waals surface area contributed by atoms with Crippen molar-refractivity contribution < 1.29 is 9.59 Å². The highest BCUT2D eigenvalue weighted by Gasteiger charge is 2.37. The molecule has 1 N–H and O–H groups in total. The average molecular weight is 500 g/mol. The maximum absolute atomic E-state index is 13.2. The highest BCUT2D eigenvalue weighted by Crippen LogP contribution is 2.40. The first-order valence-electron chi connectivity index (χ1n) is 9.52. The van der Waals surface area contributed by atoms with Crippen LogP contribution in [-0.2, 0) is 4.79 Å². The predicted molar refractivity (Wildman–Crippen MR) is 134 cm³/mol. The van der Waals surface area contributed by atoms with Crippen LogP contribution in [0.4, 0.5) is 10.5 Å². The standard InChI is InChI=1S/C24H13Cl3N2O2S/c25-14-7-5-13(6-8-14)22-17(16-3-1-2-4-20(16)28-22)12-21-23(30)29(24(31)32-21)15-9-10-18(26)19(27)11-15/h1-12,28H. The number of anilines is 1. The van der Waals surface area contributed by atoms with E-state index in [4.69, 9.17) is 34.8 Å². The second kappa shape index (κ2) is 8.34. The van der Waals surface area contributed by atoms with Gasteiger partial charge >= 0.3 is 0 Å². The lowest BCUT2D eigenvalue weighted by Gasteiger charge is -2.13. The van der Waals surface area contributed by atoms with Gasteiger partial charge in [-0.15, -0.1) is 0 Å². The van der Waals surface area contributed by atoms with Crippen molar-refractivity contribution >= 4 is 80.4 Å². The van der Waals surface area contributed by atoms with Crippen molar-refractivity contribution in [1.29, 1.82) is 0 Å². The number of rotatable bonds is 3. The van der Waals surface area contributed by atoms with E-state index in [2.05, 4.69) is 4.98 Å². The van der Waals surface area contributed by atoms with Crippen LogP contribution in [0.3, 0.4) is 0 Å². The van der Waals surface area contributed by atoms with Crippen molar-refractivity contribution in [2.24, 2.45) is 0 Å². The summed E-state index contributed by atoms with van der Waals surface area (Å²) in [6.45, 7) is 0. The molecule has 5 rings (SSSR count). The van der Waals surface area contributed by atoms with E-state index in [0.717, 1.165) is 44.4 Å². The summed E-state index contributed by atoms with van der Waals surface area (Å²) in [6, 6.07) is 19.9. The number of hydrogen-bond acceptors (Lipinski definition) is 3. The summed E-state index contributed by atoms with van der Waals surface area (Å²) in [6.07, 6.45) is 1.76. The van der Waals surface area contributed by atoms with Gasteiger partial charge in [-0.2, -0.15) is 0 Å². The Morgan fingerprint density at radius 3 is 2.38 bits per heavy atom. The molecule has 4 aromatic rings. The van der Waals surface area contributed by atoms with E-state index in [1.165, 1.54) is 6.07 Å². The normalized spacial score (nSPS) is 15.3. The molecule has 0 saturated carbocycles. The van der Waals surface area contributed by atoms with E-state index < -0.39 is 11.1 Å². The van der Waals surface area contributed by atoms with Gasteiger partial charge in [0.1, 0.15) is 0 Å². The van der Waals surface area contributed by atoms with Crippen molar-refractivity contribution in [3.8, 4) is 11.3 Å². The van der Waals surface area contributed by atoms with E-state index in [1.54, 1.807) is 18.2 Å². The van der Waals surface area contributed by atoms with Crippen LogP contribution in [0.2, 0.25) is 15.1 Å². The third kappa shape index (κ3) is 3.71. The maximum Gasteiger partial charge on any atom is 0.298 e. The van der Waals surface area contributed by atoms with Gasteiger partial charge < -0.3 is 4.98 Å². The summed E-state index contributed by atoms with van der Waals surface area (Å²) in [4.78, 5) is 30.7. The number of aromatic amines is 1. The van der Waals surface area contributed by atoms with Gasteiger partial charge in [-0.25, -0.2) is 4.90 Å². The molecular weight excluding hydrogens is 487 g/mol. The maximum atomic E-state index is 13.2. The molecular formula is C24H13Cl3N2O2S. The number of benzene rings is 3. The van der Waals surface area contributed by atoms with Gasteiger partial charge in [-0.1, -0.05) is 65.1 Å². The number of halogens is 3. The van der Waals surface area contributed by atoms with E-state index in [-0.39, 0.29) is 5.02 Å². The van der Waals surface area contributed by atoms with Gasteiger partial charge in [0.15, 0.2) is 0 Å². The molecule has 4 nitrogen and oxygen atoms in total. The molecule has 32 heavy (non-hydrogen) atoms. The molecule has 1 aliphatic rings. The molecule has 158 valence electrons. The number of nitrogens with one attached hydrogen (secondary N) is 1. The average Bonchev–Trinajstić information content (AvgIpc) is 3.28. The fourth-order valence-electron chi connectivity index (χ4n) is 3.60. The van der Waals surface area contributed by atoms with Crippen LogP contribution < -0.4 is 4.90 Å². The van der Waals surface area contributed by atoms with Gasteiger partial charge in [0.25, 0.3) is 11.1 Å². The van der Waals surface area contributed by atoms with Crippen LogP contribution in [0, 0.1) is 0 Å². The molecule has 1 aromatic heterocycles. The molecule has 1 saturated heterocycles. The highest BCUT2D eigenvalue weighted by atomic mass is 35.5. The van der Waals surface area contributed by atoms with Gasteiger partial charge in [0.05, 0.1) is 26.3 Å². The third-order valence-corrected chi connectivity index (χ3v) is 6.97. The van der Waals surface area contributed by atoms with Crippen LogP contribution in [0.25, 0.3) is 28.2 Å². The number of para-hydroxylation sites is 1. The molecule has 0 aliphatic carbocycles. The van der Waals surface area contributed by atoms with Crippen molar-refractivity contribution in [2.75, 3.05) is 4.90 Å². The molecule has 3 aromatic carbocycles. The highest BCUT2D eigenvalue weighted by molar-refractivity contribution is 8.19. The molecule has 2 heterocycles. The number of nitrogens with zero attached hydrogens (tertiary/aromatic N) is 1. The summed E-state index contributed by atoms with van der Waals surface area (Å²) >= 11 is 19.0. The first-order chi connectivity index (χ1) is 15.4. The Hall–Kier alpha value is -2.70. The quantitative estimate of drug-likeness (QED) is 0.290. The summed E-state index contributed by atoms with van der Waals surface area (Å²) in [5, 5.41) is 1.80. The number of amides is 2. The molecule has 0 spiro atoms. The third-order valence-electron chi connectivity index (χ3n) is 5.11. The number of fused-ring (bicyclic) bond motifs is 1. The Kier molecular flexibility index (Phi) is 5.51. The first-order valence-corrected chi connectivity index (χ1v) is 11.5. The van der Waals surface area contributed by atoms with Crippen LogP contribution in [0.15, 0.2) is 71.6 Å². The number of aromatic nitrogens is 1. The first kappa shape index (κ1) is 21.2. The smallest absolute Gasteiger partial charge is 0.298 e. The molecule has 0 bridgehead atoms. The Bertz CT molecular complexity index is 1430. The van der Waals surface area contributed by atoms with Crippen molar-refractivity contribution in [3.63, 3.8) is 0 Å². The van der Waals surface area contributed by atoms with Gasteiger partial charge in [-0.05, 0) is 59.8 Å². The topological polar surface area (TPSA) is 53.2 Å². The number of carbonyl (C=O) groups is 2. The number of imide groups is 1. The monoisotopic (exact) mass is 498 g/mol. The van der Waals surface area contributed by atoms with Crippen molar-refractivity contribution in [3.05, 3.63) is 92.3 Å². The minimum Gasteiger partial charge on any atom is -0.354 e. The van der Waals surface area contributed by atoms with Crippen LogP contribution in [-0.4, -0.2) is 16.1 Å². The molecule has 0 atom stereocenters. The molecule has 2 amide bonds. The van der Waals surface area contributed by atoms with E-state index in [9.17, 15) is 9.59 Å². The zero-order valence-corrected chi connectivity index (χ0v) is 19.3.